The van der Waals surface area contributed by atoms with Crippen LogP contribution < -0.4 is 21.1 Å². The number of aromatic nitrogens is 2. The van der Waals surface area contributed by atoms with Crippen LogP contribution in [0.25, 0.3) is 11.3 Å². The zero-order valence-electron chi connectivity index (χ0n) is 23.1. The Bertz CT molecular complexity index is 1740. The van der Waals surface area contributed by atoms with E-state index in [2.05, 4.69) is 22.8 Å². The standard InChI is InChI=1S/C32H33N5O3S/c1-36-17-26(35-30(32(36)40)34-21-10-9-20-16-33-13-11-19(20)15-21)22-6-4-7-27(25(22)18-38)37-14-12-24-23-5-2-3-8-28(23)41-29(24)31(37)39/h4,6-7,9-10,15,17,33,38H,2-3,5,8,11-14,16,18H2,1H3,(H,34,35). The molecule has 0 unspecified atom stereocenters. The van der Waals surface area contributed by atoms with Gasteiger partial charge < -0.3 is 25.2 Å². The molecule has 0 fully saturated rings. The highest BCUT2D eigenvalue weighted by Gasteiger charge is 2.33. The Kier molecular flexibility index (Phi) is 6.73. The van der Waals surface area contributed by atoms with E-state index in [1.165, 1.54) is 44.5 Å². The first-order valence-electron chi connectivity index (χ1n) is 14.4. The van der Waals surface area contributed by atoms with Crippen LogP contribution in [0.3, 0.4) is 0 Å². The Morgan fingerprint density at radius 2 is 1.93 bits per heavy atom. The average Bonchev–Trinajstić information content (AvgIpc) is 3.39. The number of fused-ring (bicyclic) bond motifs is 4. The number of nitrogens with one attached hydrogen (secondary N) is 2. The quantitative estimate of drug-likeness (QED) is 0.329. The first-order chi connectivity index (χ1) is 20.0. The summed E-state index contributed by atoms with van der Waals surface area (Å²) in [7, 11) is 1.70. The zero-order chi connectivity index (χ0) is 28.1. The highest BCUT2D eigenvalue weighted by molar-refractivity contribution is 7.14. The number of amides is 1. The zero-order valence-corrected chi connectivity index (χ0v) is 23.9. The van der Waals surface area contributed by atoms with Crippen LogP contribution >= 0.6 is 11.3 Å². The number of hydrogen-bond acceptors (Lipinski definition) is 7. The summed E-state index contributed by atoms with van der Waals surface area (Å²) in [4.78, 5) is 35.6. The minimum absolute atomic E-state index is 0.0101. The molecular formula is C32H33N5O3S. The van der Waals surface area contributed by atoms with Gasteiger partial charge in [-0.3, -0.25) is 9.59 Å². The molecule has 2 aliphatic heterocycles. The molecule has 4 heterocycles. The van der Waals surface area contributed by atoms with Crippen molar-refractivity contribution < 1.29 is 9.90 Å². The van der Waals surface area contributed by atoms with E-state index in [1.54, 1.807) is 24.6 Å². The second kappa shape index (κ2) is 10.6. The van der Waals surface area contributed by atoms with Gasteiger partial charge in [-0.05, 0) is 85.5 Å². The van der Waals surface area contributed by atoms with Crippen molar-refractivity contribution in [1.82, 2.24) is 14.9 Å². The molecule has 0 radical (unpaired) electrons. The second-order valence-electron chi connectivity index (χ2n) is 11.1. The Morgan fingerprint density at radius 3 is 2.80 bits per heavy atom. The number of carbonyl (C=O) groups is 1. The summed E-state index contributed by atoms with van der Waals surface area (Å²) in [6.45, 7) is 2.10. The van der Waals surface area contributed by atoms with Gasteiger partial charge in [0.2, 0.25) is 0 Å². The molecule has 0 atom stereocenters. The lowest BCUT2D eigenvalue weighted by molar-refractivity contribution is 0.0984. The van der Waals surface area contributed by atoms with E-state index >= 15 is 0 Å². The van der Waals surface area contributed by atoms with E-state index in [0.717, 1.165) is 49.3 Å². The number of nitrogens with zero attached hydrogens (tertiary/aromatic N) is 3. The van der Waals surface area contributed by atoms with Crippen molar-refractivity contribution in [3.63, 3.8) is 0 Å². The van der Waals surface area contributed by atoms with Crippen LogP contribution in [-0.2, 0) is 45.9 Å². The number of benzene rings is 2. The monoisotopic (exact) mass is 567 g/mol. The fraction of sp³-hybridized carbons (Fsp3) is 0.344. The molecule has 0 saturated heterocycles. The molecule has 0 bridgehead atoms. The van der Waals surface area contributed by atoms with Gasteiger partial charge in [0, 0.05) is 48.0 Å². The maximum absolute atomic E-state index is 13.8. The van der Waals surface area contributed by atoms with Crippen molar-refractivity contribution in [2.45, 2.75) is 51.7 Å². The average molecular weight is 568 g/mol. The molecule has 41 heavy (non-hydrogen) atoms. The van der Waals surface area contributed by atoms with Crippen molar-refractivity contribution in [2.75, 3.05) is 23.3 Å². The summed E-state index contributed by atoms with van der Waals surface area (Å²) >= 11 is 1.66. The lowest BCUT2D eigenvalue weighted by atomic mass is 9.91. The Hall–Kier alpha value is -3.79. The smallest absolute Gasteiger partial charge is 0.293 e. The summed E-state index contributed by atoms with van der Waals surface area (Å²) in [5, 5.41) is 17.2. The Labute approximate surface area is 242 Å². The number of anilines is 3. The molecule has 3 aliphatic rings. The van der Waals surface area contributed by atoms with Crippen LogP contribution in [-0.4, -0.2) is 33.7 Å². The van der Waals surface area contributed by atoms with Crippen molar-refractivity contribution in [3.8, 4) is 11.3 Å². The van der Waals surface area contributed by atoms with Gasteiger partial charge in [-0.2, -0.15) is 0 Å². The molecule has 210 valence electrons. The van der Waals surface area contributed by atoms with E-state index in [-0.39, 0.29) is 23.9 Å². The van der Waals surface area contributed by atoms with E-state index in [4.69, 9.17) is 4.98 Å². The SMILES string of the molecule is Cn1cc(-c2cccc(N3CCc4c(sc5c4CCCC5)C3=O)c2CO)nc(Nc2ccc3c(c2)CCNC3)c1=O. The summed E-state index contributed by atoms with van der Waals surface area (Å²) in [6.07, 6.45) is 7.97. The van der Waals surface area contributed by atoms with Crippen LogP contribution in [0.2, 0.25) is 0 Å². The lowest BCUT2D eigenvalue weighted by Gasteiger charge is -2.30. The number of thiophene rings is 1. The van der Waals surface area contributed by atoms with Gasteiger partial charge in [0.15, 0.2) is 5.82 Å². The molecule has 1 aliphatic carbocycles. The third-order valence-electron chi connectivity index (χ3n) is 8.61. The van der Waals surface area contributed by atoms with Gasteiger partial charge in [-0.15, -0.1) is 11.3 Å². The second-order valence-corrected chi connectivity index (χ2v) is 12.2. The highest BCUT2D eigenvalue weighted by Crippen LogP contribution is 2.40. The predicted octanol–water partition coefficient (Wildman–Crippen LogP) is 4.47. The minimum Gasteiger partial charge on any atom is -0.392 e. The first-order valence-corrected chi connectivity index (χ1v) is 15.2. The first kappa shape index (κ1) is 26.1. The molecule has 9 heteroatoms. The summed E-state index contributed by atoms with van der Waals surface area (Å²) in [5.41, 5.74) is 8.33. The van der Waals surface area contributed by atoms with Crippen LogP contribution in [0, 0.1) is 0 Å². The molecule has 2 aromatic carbocycles. The summed E-state index contributed by atoms with van der Waals surface area (Å²) in [5.74, 6) is 0.229. The van der Waals surface area contributed by atoms with E-state index in [1.807, 2.05) is 29.2 Å². The van der Waals surface area contributed by atoms with Crippen LogP contribution in [0.5, 0.6) is 0 Å². The number of hydrogen-bond donors (Lipinski definition) is 3. The third-order valence-corrected chi connectivity index (χ3v) is 9.93. The number of aliphatic hydroxyl groups is 1. The van der Waals surface area contributed by atoms with Crippen LogP contribution in [0.4, 0.5) is 17.2 Å². The van der Waals surface area contributed by atoms with Crippen molar-refractivity contribution >= 4 is 34.4 Å². The molecule has 2 aromatic heterocycles. The van der Waals surface area contributed by atoms with Gasteiger partial charge >= 0.3 is 0 Å². The molecule has 0 saturated carbocycles. The molecule has 8 nitrogen and oxygen atoms in total. The van der Waals surface area contributed by atoms with Crippen molar-refractivity contribution in [3.05, 3.63) is 90.5 Å². The Morgan fingerprint density at radius 1 is 1.05 bits per heavy atom. The van der Waals surface area contributed by atoms with Crippen LogP contribution in [0.15, 0.2) is 47.4 Å². The third kappa shape index (κ3) is 4.58. The van der Waals surface area contributed by atoms with Gasteiger partial charge in [0.1, 0.15) is 0 Å². The number of rotatable bonds is 5. The molecule has 3 N–H and O–H groups in total. The Balaban J connectivity index is 1.24. The highest BCUT2D eigenvalue weighted by atomic mass is 32.1. The number of aryl methyl sites for hydroxylation is 2. The topological polar surface area (TPSA) is 99.5 Å². The fourth-order valence-corrected chi connectivity index (χ4v) is 7.88. The molecule has 1 amide bonds. The van der Waals surface area contributed by atoms with Crippen molar-refractivity contribution in [2.24, 2.45) is 7.05 Å². The van der Waals surface area contributed by atoms with E-state index in [9.17, 15) is 14.7 Å². The van der Waals surface area contributed by atoms with Gasteiger partial charge in [0.25, 0.3) is 11.5 Å². The van der Waals surface area contributed by atoms with Crippen molar-refractivity contribution in [1.29, 1.82) is 0 Å². The largest absolute Gasteiger partial charge is 0.392 e. The molecular weight excluding hydrogens is 534 g/mol. The van der Waals surface area contributed by atoms with Gasteiger partial charge in [-0.25, -0.2) is 4.98 Å². The van der Waals surface area contributed by atoms with E-state index in [0.29, 0.717) is 29.1 Å². The summed E-state index contributed by atoms with van der Waals surface area (Å²) in [6, 6.07) is 11.8. The minimum atomic E-state index is -0.255. The fourth-order valence-electron chi connectivity index (χ4n) is 6.49. The van der Waals surface area contributed by atoms with Crippen LogP contribution in [0.1, 0.15) is 55.2 Å². The normalized spacial score (nSPS) is 16.2. The predicted molar refractivity (Wildman–Crippen MR) is 162 cm³/mol. The molecule has 4 aromatic rings. The lowest BCUT2D eigenvalue weighted by Crippen LogP contribution is -2.37. The maximum atomic E-state index is 13.8. The maximum Gasteiger partial charge on any atom is 0.293 e. The van der Waals surface area contributed by atoms with Gasteiger partial charge in [0.05, 0.1) is 22.9 Å². The number of aliphatic hydroxyl groups excluding tert-OH is 1. The molecule has 0 spiro atoms. The number of carbonyl (C=O) groups excluding carboxylic acids is 1. The molecule has 7 rings (SSSR count). The van der Waals surface area contributed by atoms with Gasteiger partial charge in [-0.1, -0.05) is 18.2 Å². The summed E-state index contributed by atoms with van der Waals surface area (Å²) < 4.78 is 1.51. The van der Waals surface area contributed by atoms with E-state index < -0.39 is 0 Å².